The van der Waals surface area contributed by atoms with Gasteiger partial charge in [-0.3, -0.25) is 4.79 Å². The molecular formula is C10H7F3N2O. The maximum absolute atomic E-state index is 12.1. The summed E-state index contributed by atoms with van der Waals surface area (Å²) in [6, 6.07) is 4.16. The maximum Gasteiger partial charge on any atom is 0.393 e. The molecule has 0 aliphatic rings. The van der Waals surface area contributed by atoms with Crippen LogP contribution in [-0.2, 0) is 6.42 Å². The van der Waals surface area contributed by atoms with Crippen LogP contribution in [-0.4, -0.2) is 22.4 Å². The number of halogens is 3. The maximum atomic E-state index is 12.1. The number of H-pyrrole nitrogens is 1. The van der Waals surface area contributed by atoms with E-state index in [0.29, 0.717) is 17.3 Å². The molecule has 16 heavy (non-hydrogen) atoms. The summed E-state index contributed by atoms with van der Waals surface area (Å²) in [6.45, 7) is 0. The number of rotatable bonds is 2. The second-order valence-electron chi connectivity index (χ2n) is 3.38. The van der Waals surface area contributed by atoms with Crippen molar-refractivity contribution in [3.05, 3.63) is 29.6 Å². The number of carbonyl (C=O) groups is 1. The van der Waals surface area contributed by atoms with Gasteiger partial charge in [-0.15, -0.1) is 0 Å². The van der Waals surface area contributed by atoms with E-state index >= 15 is 0 Å². The van der Waals surface area contributed by atoms with Crippen molar-refractivity contribution in [2.24, 2.45) is 0 Å². The summed E-state index contributed by atoms with van der Waals surface area (Å²) in [7, 11) is 0. The molecule has 0 aliphatic carbocycles. The lowest BCUT2D eigenvalue weighted by Gasteiger charge is -2.05. The van der Waals surface area contributed by atoms with E-state index in [1.54, 1.807) is 0 Å². The molecule has 1 heterocycles. The van der Waals surface area contributed by atoms with Gasteiger partial charge in [0.15, 0.2) is 12.1 Å². The van der Waals surface area contributed by atoms with Gasteiger partial charge in [-0.1, -0.05) is 6.07 Å². The molecule has 0 saturated carbocycles. The normalized spacial score (nSPS) is 11.9. The average molecular weight is 228 g/mol. The summed E-state index contributed by atoms with van der Waals surface area (Å²) in [4.78, 5) is 16.9. The van der Waals surface area contributed by atoms with Gasteiger partial charge in [0.1, 0.15) is 0 Å². The van der Waals surface area contributed by atoms with E-state index < -0.39 is 12.6 Å². The third-order valence-corrected chi connectivity index (χ3v) is 2.08. The van der Waals surface area contributed by atoms with Gasteiger partial charge in [0, 0.05) is 0 Å². The van der Waals surface area contributed by atoms with Crippen LogP contribution in [0.3, 0.4) is 0 Å². The summed E-state index contributed by atoms with van der Waals surface area (Å²) in [5.74, 6) is 0.110. The number of aldehydes is 1. The Morgan fingerprint density at radius 1 is 1.38 bits per heavy atom. The Bertz CT molecular complexity index is 530. The highest BCUT2D eigenvalue weighted by molar-refractivity contribution is 5.82. The van der Waals surface area contributed by atoms with Crippen LogP contribution >= 0.6 is 0 Å². The van der Waals surface area contributed by atoms with Crippen molar-refractivity contribution in [1.29, 1.82) is 0 Å². The molecule has 0 unspecified atom stereocenters. The highest BCUT2D eigenvalue weighted by Crippen LogP contribution is 2.23. The van der Waals surface area contributed by atoms with E-state index in [0.717, 1.165) is 0 Å². The van der Waals surface area contributed by atoms with Crippen molar-refractivity contribution < 1.29 is 18.0 Å². The smallest absolute Gasteiger partial charge is 0.336 e. The number of aromatic nitrogens is 2. The van der Waals surface area contributed by atoms with Gasteiger partial charge >= 0.3 is 6.18 Å². The van der Waals surface area contributed by atoms with Crippen LogP contribution in [0.25, 0.3) is 11.0 Å². The van der Waals surface area contributed by atoms with Crippen molar-refractivity contribution in [3.63, 3.8) is 0 Å². The van der Waals surface area contributed by atoms with Crippen LogP contribution < -0.4 is 0 Å². The monoisotopic (exact) mass is 228 g/mol. The molecule has 2 aromatic rings. The first-order valence-electron chi connectivity index (χ1n) is 4.48. The lowest BCUT2D eigenvalue weighted by molar-refractivity contribution is -0.127. The molecule has 0 radical (unpaired) electrons. The van der Waals surface area contributed by atoms with Gasteiger partial charge in [0.25, 0.3) is 0 Å². The minimum absolute atomic E-state index is 0.110. The van der Waals surface area contributed by atoms with Gasteiger partial charge in [0.2, 0.25) is 0 Å². The third kappa shape index (κ3) is 2.21. The number of nitrogens with one attached hydrogen (secondary N) is 1. The van der Waals surface area contributed by atoms with Crippen LogP contribution in [0.2, 0.25) is 0 Å². The fraction of sp³-hybridized carbons (Fsp3) is 0.200. The molecule has 1 aromatic heterocycles. The number of benzene rings is 1. The second kappa shape index (κ2) is 3.62. The summed E-state index contributed by atoms with van der Waals surface area (Å²) in [5, 5.41) is 0. The first-order chi connectivity index (χ1) is 7.48. The number of imidazole rings is 1. The van der Waals surface area contributed by atoms with E-state index in [1.165, 1.54) is 18.2 Å². The van der Waals surface area contributed by atoms with E-state index in [1.807, 2.05) is 0 Å². The van der Waals surface area contributed by atoms with Crippen LogP contribution in [0.4, 0.5) is 13.2 Å². The minimum atomic E-state index is -4.23. The summed E-state index contributed by atoms with van der Waals surface area (Å²) in [5.41, 5.74) is 1.05. The van der Waals surface area contributed by atoms with E-state index in [4.69, 9.17) is 0 Å². The average Bonchev–Trinajstić information content (AvgIpc) is 2.57. The van der Waals surface area contributed by atoms with Gasteiger partial charge in [-0.05, 0) is 17.7 Å². The fourth-order valence-electron chi connectivity index (χ4n) is 1.47. The number of aromatic amines is 1. The van der Waals surface area contributed by atoms with Crippen LogP contribution in [0.1, 0.15) is 16.2 Å². The number of fused-ring (bicyclic) bond motifs is 1. The Morgan fingerprint density at radius 3 is 2.75 bits per heavy atom. The quantitative estimate of drug-likeness (QED) is 0.802. The molecule has 0 bridgehead atoms. The minimum Gasteiger partial charge on any atom is -0.336 e. The molecule has 0 saturated heterocycles. The van der Waals surface area contributed by atoms with Crippen LogP contribution in [0, 0.1) is 0 Å². The summed E-state index contributed by atoms with van der Waals surface area (Å²) >= 11 is 0. The molecule has 84 valence electrons. The van der Waals surface area contributed by atoms with Gasteiger partial charge in [-0.2, -0.15) is 13.2 Å². The molecule has 2 rings (SSSR count). The molecule has 1 N–H and O–H groups in total. The zero-order chi connectivity index (χ0) is 11.8. The van der Waals surface area contributed by atoms with Crippen molar-refractivity contribution >= 4 is 17.3 Å². The first-order valence-corrected chi connectivity index (χ1v) is 4.48. The molecular weight excluding hydrogens is 221 g/mol. The SMILES string of the molecule is O=Cc1nc2ccc(CC(F)(F)F)cc2[nH]1. The molecule has 0 fully saturated rings. The van der Waals surface area contributed by atoms with E-state index in [9.17, 15) is 18.0 Å². The predicted molar refractivity (Wildman–Crippen MR) is 51.2 cm³/mol. The summed E-state index contributed by atoms with van der Waals surface area (Å²) < 4.78 is 36.4. The molecule has 0 atom stereocenters. The van der Waals surface area contributed by atoms with Crippen molar-refractivity contribution in [3.8, 4) is 0 Å². The number of nitrogens with zero attached hydrogens (tertiary/aromatic N) is 1. The third-order valence-electron chi connectivity index (χ3n) is 2.08. The molecule has 6 heteroatoms. The summed E-state index contributed by atoms with van der Waals surface area (Å²) in [6.07, 6.45) is -4.71. The largest absolute Gasteiger partial charge is 0.393 e. The van der Waals surface area contributed by atoms with Crippen molar-refractivity contribution in [1.82, 2.24) is 9.97 Å². The van der Waals surface area contributed by atoms with Gasteiger partial charge < -0.3 is 4.98 Å². The molecule has 0 aliphatic heterocycles. The lowest BCUT2D eigenvalue weighted by atomic mass is 10.1. The van der Waals surface area contributed by atoms with Crippen LogP contribution in [0.5, 0.6) is 0 Å². The van der Waals surface area contributed by atoms with E-state index in [-0.39, 0.29) is 11.4 Å². The van der Waals surface area contributed by atoms with Crippen molar-refractivity contribution in [2.45, 2.75) is 12.6 Å². The Labute approximate surface area is 88.3 Å². The van der Waals surface area contributed by atoms with Gasteiger partial charge in [0.05, 0.1) is 17.5 Å². The number of carbonyl (C=O) groups excluding carboxylic acids is 1. The zero-order valence-corrected chi connectivity index (χ0v) is 8.01. The van der Waals surface area contributed by atoms with Crippen LogP contribution in [0.15, 0.2) is 18.2 Å². The number of hydrogen-bond acceptors (Lipinski definition) is 2. The van der Waals surface area contributed by atoms with Crippen molar-refractivity contribution in [2.75, 3.05) is 0 Å². The Balaban J connectivity index is 2.39. The molecule has 0 amide bonds. The molecule has 3 nitrogen and oxygen atoms in total. The topological polar surface area (TPSA) is 45.8 Å². The first kappa shape index (κ1) is 10.7. The van der Waals surface area contributed by atoms with Gasteiger partial charge in [-0.25, -0.2) is 4.98 Å². The highest BCUT2D eigenvalue weighted by Gasteiger charge is 2.27. The predicted octanol–water partition coefficient (Wildman–Crippen LogP) is 2.48. The Hall–Kier alpha value is -1.85. The standard InChI is InChI=1S/C10H7F3N2O/c11-10(12,13)4-6-1-2-7-8(3-6)15-9(5-16)14-7/h1-3,5H,4H2,(H,14,15). The Kier molecular flexibility index (Phi) is 2.41. The fourth-order valence-corrected chi connectivity index (χ4v) is 1.47. The second-order valence-corrected chi connectivity index (χ2v) is 3.38. The zero-order valence-electron chi connectivity index (χ0n) is 8.01. The van der Waals surface area contributed by atoms with E-state index in [2.05, 4.69) is 9.97 Å². The lowest BCUT2D eigenvalue weighted by Crippen LogP contribution is -2.11. The molecule has 1 aromatic carbocycles. The molecule has 0 spiro atoms. The highest BCUT2D eigenvalue weighted by atomic mass is 19.4. The Morgan fingerprint density at radius 2 is 2.12 bits per heavy atom. The number of alkyl halides is 3. The number of hydrogen-bond donors (Lipinski definition) is 1.